The van der Waals surface area contributed by atoms with Gasteiger partial charge in [0, 0.05) is 24.9 Å². The zero-order valence-corrected chi connectivity index (χ0v) is 25.2. The predicted octanol–water partition coefficient (Wildman–Crippen LogP) is 4.32. The Morgan fingerprint density at radius 3 is 2.44 bits per heavy atom. The number of halogens is 2. The van der Waals surface area contributed by atoms with E-state index in [-0.39, 0.29) is 31.4 Å². The molecule has 0 bridgehead atoms. The molecule has 0 spiro atoms. The summed E-state index contributed by atoms with van der Waals surface area (Å²) in [6, 6.07) is 3.41. The lowest BCUT2D eigenvalue weighted by Gasteiger charge is -2.20. The maximum Gasteiger partial charge on any atom is 0.344 e. The number of rotatable bonds is 13. The van der Waals surface area contributed by atoms with Crippen LogP contribution in [0.5, 0.6) is 17.2 Å². The van der Waals surface area contributed by atoms with Crippen LogP contribution in [0, 0.1) is 0 Å². The summed E-state index contributed by atoms with van der Waals surface area (Å²) >= 11 is 0. The van der Waals surface area contributed by atoms with E-state index in [1.807, 2.05) is 13.2 Å². The van der Waals surface area contributed by atoms with E-state index in [0.717, 1.165) is 42.7 Å². The fourth-order valence-electron chi connectivity index (χ4n) is 3.86. The van der Waals surface area contributed by atoms with Gasteiger partial charge in [0.25, 0.3) is 0 Å². The first-order chi connectivity index (χ1) is 17.6. The van der Waals surface area contributed by atoms with Crippen LogP contribution in [0.2, 0.25) is 0 Å². The topological polar surface area (TPSA) is 123 Å². The molecule has 0 fully saturated rings. The van der Waals surface area contributed by atoms with Crippen LogP contribution >= 0.6 is 24.8 Å². The van der Waals surface area contributed by atoms with E-state index >= 15 is 0 Å². The highest BCUT2D eigenvalue weighted by atomic mass is 35.5. The smallest absolute Gasteiger partial charge is 0.344 e. The number of hydrogen-bond donors (Lipinski definition) is 3. The Morgan fingerprint density at radius 2 is 1.79 bits per heavy atom. The Hall–Kier alpha value is -2.99. The van der Waals surface area contributed by atoms with Gasteiger partial charge >= 0.3 is 5.97 Å². The Kier molecular flexibility index (Phi) is 13.6. The zero-order valence-electron chi connectivity index (χ0n) is 23.5. The van der Waals surface area contributed by atoms with Gasteiger partial charge in [-0.2, -0.15) is 0 Å². The van der Waals surface area contributed by atoms with E-state index < -0.39 is 11.6 Å². The van der Waals surface area contributed by atoms with Crippen LogP contribution in [-0.2, 0) is 16.1 Å². The fourth-order valence-corrected chi connectivity index (χ4v) is 3.86. The Balaban J connectivity index is 0.00000380. The molecule has 13 heteroatoms. The molecular weight excluding hydrogens is 547 g/mol. The predicted molar refractivity (Wildman–Crippen MR) is 157 cm³/mol. The van der Waals surface area contributed by atoms with Crippen molar-refractivity contribution in [3.05, 3.63) is 30.2 Å². The van der Waals surface area contributed by atoms with Crippen molar-refractivity contribution in [1.29, 1.82) is 0 Å². The molecule has 2 heterocycles. The molecule has 11 nitrogen and oxygen atoms in total. The van der Waals surface area contributed by atoms with Crippen molar-refractivity contribution in [1.82, 2.24) is 25.2 Å². The summed E-state index contributed by atoms with van der Waals surface area (Å²) in [5.41, 5.74) is 1.78. The molecular formula is C26H40Cl2N6O5. The molecule has 0 aliphatic carbocycles. The molecule has 0 aliphatic heterocycles. The number of fused-ring (bicyclic) bond motifs is 1. The van der Waals surface area contributed by atoms with Crippen LogP contribution in [0.4, 0.5) is 11.5 Å². The number of anilines is 2. The minimum Gasteiger partial charge on any atom is -0.494 e. The Labute approximate surface area is 242 Å². The number of methoxy groups -OCH3 is 2. The van der Waals surface area contributed by atoms with Gasteiger partial charge in [0.1, 0.15) is 29.1 Å². The summed E-state index contributed by atoms with van der Waals surface area (Å²) < 4.78 is 22.2. The Morgan fingerprint density at radius 1 is 1.08 bits per heavy atom. The number of carbonyl (C=O) groups excluding carboxylic acids is 1. The second-order valence-corrected chi connectivity index (χ2v) is 9.66. The van der Waals surface area contributed by atoms with Gasteiger partial charge in [0.15, 0.2) is 18.1 Å². The van der Waals surface area contributed by atoms with Crippen LogP contribution < -0.4 is 24.8 Å². The van der Waals surface area contributed by atoms with Gasteiger partial charge in [-0.25, -0.2) is 14.8 Å². The summed E-state index contributed by atoms with van der Waals surface area (Å²) in [6.45, 7) is 7.80. The third-order valence-electron chi connectivity index (χ3n) is 5.46. The number of H-pyrrole nitrogens is 1. The summed E-state index contributed by atoms with van der Waals surface area (Å²) in [5.74, 6) is 1.44. The minimum absolute atomic E-state index is 0. The van der Waals surface area contributed by atoms with Crippen molar-refractivity contribution in [3.63, 3.8) is 0 Å². The van der Waals surface area contributed by atoms with E-state index in [4.69, 9.17) is 18.9 Å². The average molecular weight is 588 g/mol. The van der Waals surface area contributed by atoms with Gasteiger partial charge < -0.3 is 39.5 Å². The largest absolute Gasteiger partial charge is 0.494 e. The summed E-state index contributed by atoms with van der Waals surface area (Å²) in [7, 11) is 7.14. The molecule has 3 rings (SSSR count). The van der Waals surface area contributed by atoms with Crippen molar-refractivity contribution in [2.75, 3.05) is 53.3 Å². The number of hydrogen-bond acceptors (Lipinski definition) is 10. The molecule has 1 aromatic carbocycles. The number of aromatic nitrogens is 3. The Bertz CT molecular complexity index is 1200. The first-order valence-corrected chi connectivity index (χ1v) is 12.2. The molecule has 39 heavy (non-hydrogen) atoms. The molecule has 0 saturated carbocycles. The van der Waals surface area contributed by atoms with E-state index in [1.54, 1.807) is 40.0 Å². The molecule has 218 valence electrons. The zero-order chi connectivity index (χ0) is 27.0. The standard InChI is InChI=1S/C26H38N6O5.2ClH/c1-26(2,3)37-22(33)15-36-21-11-18(19(34-6)12-20(21)35-7)31-25-23-17(13-28-24(23)29-16-30-25)14-32(5)10-8-9-27-4;;/h11-13,16,27H,8-10,14-15H2,1-7H3,(H2,28,29,30,31);2*1H. The molecule has 0 amide bonds. The number of esters is 1. The van der Waals surface area contributed by atoms with Crippen molar-refractivity contribution in [2.45, 2.75) is 39.3 Å². The molecule has 0 radical (unpaired) electrons. The monoisotopic (exact) mass is 586 g/mol. The molecule has 3 aromatic rings. The molecule has 0 unspecified atom stereocenters. The van der Waals surface area contributed by atoms with Crippen LogP contribution in [-0.4, -0.2) is 79.4 Å². The second kappa shape index (κ2) is 15.6. The third-order valence-corrected chi connectivity index (χ3v) is 5.46. The van der Waals surface area contributed by atoms with Crippen molar-refractivity contribution in [2.24, 2.45) is 0 Å². The first kappa shape index (κ1) is 34.0. The highest BCUT2D eigenvalue weighted by Crippen LogP contribution is 2.40. The summed E-state index contributed by atoms with van der Waals surface area (Å²) in [4.78, 5) is 26.6. The number of ether oxygens (including phenoxy) is 4. The summed E-state index contributed by atoms with van der Waals surface area (Å²) in [5, 5.41) is 7.42. The van der Waals surface area contributed by atoms with Gasteiger partial charge in [0.2, 0.25) is 0 Å². The van der Waals surface area contributed by atoms with Crippen molar-refractivity contribution in [3.8, 4) is 17.2 Å². The maximum absolute atomic E-state index is 12.2. The molecule has 3 N–H and O–H groups in total. The SMILES string of the molecule is CNCCCN(C)Cc1c[nH]c2ncnc(Nc3cc(OCC(=O)OC(C)(C)C)c(OC)cc3OC)c12.Cl.Cl. The van der Waals surface area contributed by atoms with Crippen LogP contribution in [0.15, 0.2) is 24.7 Å². The summed E-state index contributed by atoms with van der Waals surface area (Å²) in [6.07, 6.45) is 4.50. The van der Waals surface area contributed by atoms with Crippen LogP contribution in [0.1, 0.15) is 32.8 Å². The quantitative estimate of drug-likeness (QED) is 0.197. The van der Waals surface area contributed by atoms with E-state index in [9.17, 15) is 4.79 Å². The second-order valence-electron chi connectivity index (χ2n) is 9.66. The fraction of sp³-hybridized carbons (Fsp3) is 0.500. The lowest BCUT2D eigenvalue weighted by molar-refractivity contribution is -0.157. The van der Waals surface area contributed by atoms with E-state index in [0.29, 0.717) is 28.8 Å². The normalized spacial score (nSPS) is 11.0. The highest BCUT2D eigenvalue weighted by Gasteiger charge is 2.20. The van der Waals surface area contributed by atoms with Crippen LogP contribution in [0.25, 0.3) is 11.0 Å². The number of nitrogens with zero attached hydrogens (tertiary/aromatic N) is 3. The molecule has 0 aliphatic rings. The van der Waals surface area contributed by atoms with Gasteiger partial charge in [-0.3, -0.25) is 0 Å². The van der Waals surface area contributed by atoms with Gasteiger partial charge in [-0.15, -0.1) is 24.8 Å². The maximum atomic E-state index is 12.2. The van der Waals surface area contributed by atoms with Crippen LogP contribution in [0.3, 0.4) is 0 Å². The van der Waals surface area contributed by atoms with E-state index in [1.165, 1.54) is 13.4 Å². The lowest BCUT2D eigenvalue weighted by atomic mass is 10.2. The highest BCUT2D eigenvalue weighted by molar-refractivity contribution is 5.92. The average Bonchev–Trinajstić information content (AvgIpc) is 3.25. The third kappa shape index (κ3) is 9.61. The van der Waals surface area contributed by atoms with Crippen molar-refractivity contribution >= 4 is 53.3 Å². The lowest BCUT2D eigenvalue weighted by Crippen LogP contribution is -2.27. The van der Waals surface area contributed by atoms with Gasteiger partial charge in [-0.1, -0.05) is 0 Å². The molecule has 2 aromatic heterocycles. The minimum atomic E-state index is -0.606. The number of benzene rings is 1. The number of carbonyl (C=O) groups is 1. The molecule has 0 atom stereocenters. The van der Waals surface area contributed by atoms with Gasteiger partial charge in [-0.05, 0) is 59.9 Å². The first-order valence-electron chi connectivity index (χ1n) is 12.2. The van der Waals surface area contributed by atoms with Gasteiger partial charge in [0.05, 0.1) is 25.3 Å². The number of nitrogens with one attached hydrogen (secondary N) is 3. The van der Waals surface area contributed by atoms with Crippen molar-refractivity contribution < 1.29 is 23.7 Å². The van der Waals surface area contributed by atoms with E-state index in [2.05, 4.69) is 37.5 Å². The number of aromatic amines is 1. The molecule has 0 saturated heterocycles.